The number of aryl methyl sites for hydroxylation is 1. The van der Waals surface area contributed by atoms with Crippen LogP contribution in [0.1, 0.15) is 11.1 Å². The van der Waals surface area contributed by atoms with Gasteiger partial charge in [0, 0.05) is 0 Å². The fraction of sp³-hybridized carbons (Fsp3) is 0.235. The molecular weight excluding hydrogens is 330 g/mol. The number of carbonyl (C=O) groups is 1. The highest BCUT2D eigenvalue weighted by molar-refractivity contribution is 7.90. The molecule has 6 nitrogen and oxygen atoms in total. The lowest BCUT2D eigenvalue weighted by Crippen LogP contribution is -2.32. The van der Waals surface area contributed by atoms with Crippen LogP contribution in [0.3, 0.4) is 0 Å². The highest BCUT2D eigenvalue weighted by atomic mass is 32.2. The van der Waals surface area contributed by atoms with Crippen LogP contribution in [0.4, 0.5) is 0 Å². The number of hydrogen-bond donors (Lipinski definition) is 1. The minimum atomic E-state index is -4.01. The predicted octanol–water partition coefficient (Wildman–Crippen LogP) is 2.06. The molecule has 2 aromatic carbocycles. The second-order valence-corrected chi connectivity index (χ2v) is 6.86. The van der Waals surface area contributed by atoms with Crippen molar-refractivity contribution in [3.8, 4) is 11.5 Å². The van der Waals surface area contributed by atoms with Crippen LogP contribution in [0, 0.1) is 6.92 Å². The molecule has 0 heterocycles. The van der Waals surface area contributed by atoms with Gasteiger partial charge in [0.05, 0.1) is 20.6 Å². The Morgan fingerprint density at radius 3 is 2.50 bits per heavy atom. The Labute approximate surface area is 141 Å². The van der Waals surface area contributed by atoms with Crippen LogP contribution < -0.4 is 14.2 Å². The lowest BCUT2D eigenvalue weighted by atomic mass is 10.1. The van der Waals surface area contributed by atoms with Crippen molar-refractivity contribution in [2.45, 2.75) is 18.2 Å². The molecule has 2 aromatic rings. The van der Waals surface area contributed by atoms with E-state index in [9.17, 15) is 13.2 Å². The van der Waals surface area contributed by atoms with Crippen molar-refractivity contribution >= 4 is 15.9 Å². The van der Waals surface area contributed by atoms with Crippen molar-refractivity contribution in [1.82, 2.24) is 4.72 Å². The minimum absolute atomic E-state index is 0.0745. The zero-order valence-corrected chi connectivity index (χ0v) is 14.5. The van der Waals surface area contributed by atoms with Crippen molar-refractivity contribution in [2.75, 3.05) is 14.2 Å². The van der Waals surface area contributed by atoms with Gasteiger partial charge in [-0.25, -0.2) is 13.1 Å². The first-order valence-corrected chi connectivity index (χ1v) is 8.67. The van der Waals surface area contributed by atoms with Crippen LogP contribution in [0.5, 0.6) is 11.5 Å². The quantitative estimate of drug-likeness (QED) is 0.863. The number of methoxy groups -OCH3 is 2. The Bertz CT molecular complexity index is 846. The molecule has 0 atom stereocenters. The fourth-order valence-electron chi connectivity index (χ4n) is 2.21. The number of sulfonamides is 1. The first kappa shape index (κ1) is 17.8. The van der Waals surface area contributed by atoms with Crippen molar-refractivity contribution in [3.63, 3.8) is 0 Å². The molecule has 2 rings (SSSR count). The molecule has 0 aliphatic heterocycles. The number of hydrogen-bond acceptors (Lipinski definition) is 5. The van der Waals surface area contributed by atoms with Crippen molar-refractivity contribution < 1.29 is 22.7 Å². The highest BCUT2D eigenvalue weighted by Crippen LogP contribution is 2.24. The summed E-state index contributed by atoms with van der Waals surface area (Å²) in [7, 11) is -1.11. The first-order valence-electron chi connectivity index (χ1n) is 7.19. The summed E-state index contributed by atoms with van der Waals surface area (Å²) in [5.74, 6) is 0.158. The fourth-order valence-corrected chi connectivity index (χ4v) is 3.34. The lowest BCUT2D eigenvalue weighted by Gasteiger charge is -2.11. The second-order valence-electron chi connectivity index (χ2n) is 5.21. The number of ether oxygens (including phenoxy) is 2. The summed E-state index contributed by atoms with van der Waals surface area (Å²) in [5.41, 5.74) is 1.51. The van der Waals surface area contributed by atoms with Gasteiger partial charge in [0.15, 0.2) is 0 Å². The molecule has 0 aliphatic rings. The monoisotopic (exact) mass is 349 g/mol. The third kappa shape index (κ3) is 4.26. The van der Waals surface area contributed by atoms with Gasteiger partial charge in [-0.3, -0.25) is 4.79 Å². The van der Waals surface area contributed by atoms with Gasteiger partial charge in [0.25, 0.3) is 10.0 Å². The van der Waals surface area contributed by atoms with E-state index in [1.165, 1.54) is 20.3 Å². The van der Waals surface area contributed by atoms with Gasteiger partial charge in [-0.1, -0.05) is 18.2 Å². The summed E-state index contributed by atoms with van der Waals surface area (Å²) in [6, 6.07) is 11.5. The summed E-state index contributed by atoms with van der Waals surface area (Å²) < 4.78 is 37.1. The maximum absolute atomic E-state index is 12.4. The van der Waals surface area contributed by atoms with Gasteiger partial charge in [-0.05, 0) is 42.3 Å². The highest BCUT2D eigenvalue weighted by Gasteiger charge is 2.22. The third-order valence-electron chi connectivity index (χ3n) is 3.36. The summed E-state index contributed by atoms with van der Waals surface area (Å²) in [6.45, 7) is 1.82. The molecule has 7 heteroatoms. The second kappa shape index (κ2) is 7.35. The standard InChI is InChI=1S/C17H19NO5S/c1-12-7-8-16(15(9-12)23-3)24(20,21)18-17(19)11-13-5-4-6-14(10-13)22-2/h4-10H,11H2,1-3H3,(H,18,19). The van der Waals surface area contributed by atoms with E-state index in [-0.39, 0.29) is 17.1 Å². The number of amides is 1. The van der Waals surface area contributed by atoms with E-state index in [0.717, 1.165) is 5.56 Å². The van der Waals surface area contributed by atoms with E-state index in [1.54, 1.807) is 36.4 Å². The van der Waals surface area contributed by atoms with E-state index in [4.69, 9.17) is 9.47 Å². The average Bonchev–Trinajstić information content (AvgIpc) is 2.53. The van der Waals surface area contributed by atoms with Gasteiger partial charge in [0.2, 0.25) is 5.91 Å². The Kier molecular flexibility index (Phi) is 5.46. The van der Waals surface area contributed by atoms with Crippen LogP contribution in [0.15, 0.2) is 47.4 Å². The Balaban J connectivity index is 2.18. The molecule has 0 unspecified atom stereocenters. The minimum Gasteiger partial charge on any atom is -0.497 e. The van der Waals surface area contributed by atoms with Gasteiger partial charge in [0.1, 0.15) is 16.4 Å². The Morgan fingerprint density at radius 2 is 1.83 bits per heavy atom. The molecule has 128 valence electrons. The normalized spacial score (nSPS) is 11.0. The van der Waals surface area contributed by atoms with Gasteiger partial charge >= 0.3 is 0 Å². The molecule has 0 bridgehead atoms. The molecule has 0 radical (unpaired) electrons. The Morgan fingerprint density at radius 1 is 1.08 bits per heavy atom. The van der Waals surface area contributed by atoms with Crippen LogP contribution in [-0.2, 0) is 21.2 Å². The summed E-state index contributed by atoms with van der Waals surface area (Å²) in [5, 5.41) is 0. The third-order valence-corrected chi connectivity index (χ3v) is 4.77. The zero-order chi connectivity index (χ0) is 17.7. The number of benzene rings is 2. The molecule has 1 N–H and O–H groups in total. The average molecular weight is 349 g/mol. The maximum Gasteiger partial charge on any atom is 0.267 e. The Hall–Kier alpha value is -2.54. The van der Waals surface area contributed by atoms with Crippen LogP contribution in [0.2, 0.25) is 0 Å². The summed E-state index contributed by atoms with van der Waals surface area (Å²) in [4.78, 5) is 12.0. The van der Waals surface area contributed by atoms with Gasteiger partial charge < -0.3 is 9.47 Å². The van der Waals surface area contributed by atoms with Crippen LogP contribution >= 0.6 is 0 Å². The SMILES string of the molecule is COc1cccc(CC(=O)NS(=O)(=O)c2ccc(C)cc2OC)c1. The molecule has 0 saturated heterocycles. The van der Waals surface area contributed by atoms with Crippen LogP contribution in [-0.4, -0.2) is 28.5 Å². The number of rotatable bonds is 6. The molecule has 0 aliphatic carbocycles. The molecule has 0 aromatic heterocycles. The summed E-state index contributed by atoms with van der Waals surface area (Å²) >= 11 is 0. The van der Waals surface area contributed by atoms with E-state index in [1.807, 2.05) is 6.92 Å². The largest absolute Gasteiger partial charge is 0.497 e. The zero-order valence-electron chi connectivity index (χ0n) is 13.7. The van der Waals surface area contributed by atoms with E-state index < -0.39 is 15.9 Å². The molecule has 0 spiro atoms. The predicted molar refractivity (Wildman–Crippen MR) is 89.8 cm³/mol. The van der Waals surface area contributed by atoms with Gasteiger partial charge in [-0.2, -0.15) is 0 Å². The van der Waals surface area contributed by atoms with Crippen molar-refractivity contribution in [2.24, 2.45) is 0 Å². The number of carbonyl (C=O) groups excluding carboxylic acids is 1. The number of nitrogens with one attached hydrogen (secondary N) is 1. The first-order chi connectivity index (χ1) is 11.4. The van der Waals surface area contributed by atoms with E-state index in [0.29, 0.717) is 11.3 Å². The lowest BCUT2D eigenvalue weighted by molar-refractivity contribution is -0.118. The molecule has 0 saturated carbocycles. The topological polar surface area (TPSA) is 81.7 Å². The molecule has 1 amide bonds. The van der Waals surface area contributed by atoms with Crippen molar-refractivity contribution in [3.05, 3.63) is 53.6 Å². The smallest absolute Gasteiger partial charge is 0.267 e. The van der Waals surface area contributed by atoms with Gasteiger partial charge in [-0.15, -0.1) is 0 Å². The van der Waals surface area contributed by atoms with Crippen LogP contribution in [0.25, 0.3) is 0 Å². The van der Waals surface area contributed by atoms with E-state index >= 15 is 0 Å². The summed E-state index contributed by atoms with van der Waals surface area (Å²) in [6.07, 6.45) is -0.0788. The van der Waals surface area contributed by atoms with Crippen molar-refractivity contribution in [1.29, 1.82) is 0 Å². The molecule has 24 heavy (non-hydrogen) atoms. The molecular formula is C17H19NO5S. The van der Waals surface area contributed by atoms with E-state index in [2.05, 4.69) is 4.72 Å². The maximum atomic E-state index is 12.4. The molecule has 0 fully saturated rings.